The molecule has 2 N–H and O–H groups in total. The third-order valence-corrected chi connectivity index (χ3v) is 3.94. The van der Waals surface area contributed by atoms with Crippen LogP contribution in [-0.4, -0.2) is 5.54 Å². The van der Waals surface area contributed by atoms with E-state index in [4.69, 9.17) is 0 Å². The summed E-state index contributed by atoms with van der Waals surface area (Å²) in [6, 6.07) is 0. The summed E-state index contributed by atoms with van der Waals surface area (Å²) >= 11 is 0. The van der Waals surface area contributed by atoms with Crippen molar-refractivity contribution in [1.82, 2.24) is 0 Å². The van der Waals surface area contributed by atoms with Crippen LogP contribution in [0.1, 0.15) is 85.0 Å². The smallest absolute Gasteiger partial charge is 0.0953 e. The van der Waals surface area contributed by atoms with Crippen molar-refractivity contribution in [2.75, 3.05) is 0 Å². The molecule has 0 aliphatic rings. The lowest BCUT2D eigenvalue weighted by molar-refractivity contribution is -0.672. The van der Waals surface area contributed by atoms with Crippen molar-refractivity contribution >= 4 is 0 Å². The van der Waals surface area contributed by atoms with Crippen LogP contribution in [-0.2, 0) is 0 Å². The average molecular weight is 229 g/mol. The summed E-state index contributed by atoms with van der Waals surface area (Å²) in [5, 5.41) is 11.1. The summed E-state index contributed by atoms with van der Waals surface area (Å²) in [7, 11) is 0. The molecule has 0 rings (SSSR count). The van der Waals surface area contributed by atoms with E-state index in [-0.39, 0.29) is 5.54 Å². The molecule has 0 aliphatic carbocycles. The van der Waals surface area contributed by atoms with Gasteiger partial charge in [-0.25, -0.2) is 0 Å². The van der Waals surface area contributed by atoms with Gasteiger partial charge in [-0.2, -0.15) is 0 Å². The van der Waals surface area contributed by atoms with Crippen molar-refractivity contribution in [3.05, 3.63) is 5.21 Å². The van der Waals surface area contributed by atoms with Crippen molar-refractivity contribution in [1.29, 1.82) is 0 Å². The quantitative estimate of drug-likeness (QED) is 0.425. The Kier molecular flexibility index (Phi) is 10.0. The van der Waals surface area contributed by atoms with Crippen LogP contribution in [0.15, 0.2) is 0 Å². The standard InChI is InChI=1S/C14H31NO/c1-4-7-8-9-10-11-12-13-14(5-2,6-3)15-16/h4-13,15H2,1-3H3. The van der Waals surface area contributed by atoms with Gasteiger partial charge in [0, 0.05) is 6.42 Å². The van der Waals surface area contributed by atoms with Crippen LogP contribution in [0, 0.1) is 5.21 Å². The average Bonchev–Trinajstić information content (AvgIpc) is 2.34. The molecular formula is C14H31NO. The van der Waals surface area contributed by atoms with E-state index < -0.39 is 0 Å². The molecule has 2 nitrogen and oxygen atoms in total. The highest BCUT2D eigenvalue weighted by Gasteiger charge is 2.25. The third-order valence-electron chi connectivity index (χ3n) is 3.94. The van der Waals surface area contributed by atoms with Gasteiger partial charge in [-0.3, -0.25) is 0 Å². The minimum absolute atomic E-state index is 0.0105. The Balaban J connectivity index is 3.48. The molecule has 0 bridgehead atoms. The van der Waals surface area contributed by atoms with E-state index in [1.807, 2.05) is 0 Å². The number of unbranched alkanes of at least 4 members (excludes halogenated alkanes) is 6. The molecule has 0 spiro atoms. The molecule has 16 heavy (non-hydrogen) atoms. The highest BCUT2D eigenvalue weighted by Crippen LogP contribution is 2.19. The Hall–Kier alpha value is -0.0800. The van der Waals surface area contributed by atoms with Crippen LogP contribution in [0.5, 0.6) is 0 Å². The summed E-state index contributed by atoms with van der Waals surface area (Å²) in [6.07, 6.45) is 12.4. The molecule has 98 valence electrons. The number of hydrogen-bond donors (Lipinski definition) is 1. The van der Waals surface area contributed by atoms with E-state index in [9.17, 15) is 5.21 Å². The highest BCUT2D eigenvalue weighted by atomic mass is 16.5. The predicted molar refractivity (Wildman–Crippen MR) is 71.2 cm³/mol. The summed E-state index contributed by atoms with van der Waals surface area (Å²) in [6.45, 7) is 6.53. The van der Waals surface area contributed by atoms with E-state index >= 15 is 0 Å². The molecule has 0 unspecified atom stereocenters. The molecule has 0 aromatic carbocycles. The van der Waals surface area contributed by atoms with Crippen molar-refractivity contribution in [3.63, 3.8) is 0 Å². The summed E-state index contributed by atoms with van der Waals surface area (Å²) in [5.41, 5.74) is 1.19. The van der Waals surface area contributed by atoms with Crippen LogP contribution in [0.3, 0.4) is 0 Å². The minimum Gasteiger partial charge on any atom is -0.635 e. The third kappa shape index (κ3) is 6.49. The van der Waals surface area contributed by atoms with Gasteiger partial charge in [-0.15, -0.1) is 0 Å². The van der Waals surface area contributed by atoms with E-state index in [0.717, 1.165) is 19.3 Å². The summed E-state index contributed by atoms with van der Waals surface area (Å²) < 4.78 is 0. The molecule has 0 atom stereocenters. The first kappa shape index (κ1) is 15.9. The van der Waals surface area contributed by atoms with Crippen LogP contribution in [0.2, 0.25) is 0 Å². The molecule has 0 amide bonds. The normalized spacial score (nSPS) is 12.0. The maximum absolute atomic E-state index is 11.1. The lowest BCUT2D eigenvalue weighted by Crippen LogP contribution is -2.91. The monoisotopic (exact) mass is 229 g/mol. The molecule has 0 saturated carbocycles. The molecule has 0 aromatic rings. The zero-order chi connectivity index (χ0) is 12.3. The molecule has 0 aliphatic heterocycles. The zero-order valence-electron chi connectivity index (χ0n) is 11.6. The second-order valence-corrected chi connectivity index (χ2v) is 5.06. The number of quaternary nitrogens is 1. The zero-order valence-corrected chi connectivity index (χ0v) is 11.6. The Bertz CT molecular complexity index is 135. The van der Waals surface area contributed by atoms with Crippen molar-refractivity contribution in [2.45, 2.75) is 90.5 Å². The molecular weight excluding hydrogens is 198 g/mol. The topological polar surface area (TPSA) is 39.7 Å². The van der Waals surface area contributed by atoms with E-state index in [1.54, 1.807) is 0 Å². The predicted octanol–water partition coefficient (Wildman–Crippen LogP) is 3.75. The number of hydroxylamine groups is 1. The fourth-order valence-corrected chi connectivity index (χ4v) is 2.26. The van der Waals surface area contributed by atoms with E-state index in [2.05, 4.69) is 20.8 Å². The first-order chi connectivity index (χ1) is 7.74. The Morgan fingerprint density at radius 1 is 0.812 bits per heavy atom. The largest absolute Gasteiger partial charge is 0.635 e. The molecule has 2 heteroatoms. The van der Waals surface area contributed by atoms with Gasteiger partial charge < -0.3 is 10.7 Å². The molecule has 0 fully saturated rings. The maximum Gasteiger partial charge on any atom is 0.0953 e. The minimum atomic E-state index is -0.0105. The van der Waals surface area contributed by atoms with Crippen molar-refractivity contribution in [3.8, 4) is 0 Å². The SMILES string of the molecule is CCCCCCCCCC(CC)(CC)[NH2+][O-]. The lowest BCUT2D eigenvalue weighted by Gasteiger charge is -2.31. The second kappa shape index (κ2) is 10.1. The molecule has 0 aromatic heterocycles. The lowest BCUT2D eigenvalue weighted by atomic mass is 9.87. The fourth-order valence-electron chi connectivity index (χ4n) is 2.26. The molecule has 0 radical (unpaired) electrons. The number of rotatable bonds is 11. The van der Waals surface area contributed by atoms with Gasteiger partial charge in [0.05, 0.1) is 5.54 Å². The van der Waals surface area contributed by atoms with Gasteiger partial charge in [-0.1, -0.05) is 59.3 Å². The number of nitrogens with two attached hydrogens (primary N) is 1. The first-order valence-corrected chi connectivity index (χ1v) is 7.21. The Labute approximate surface area is 102 Å². The summed E-state index contributed by atoms with van der Waals surface area (Å²) in [4.78, 5) is 0. The van der Waals surface area contributed by atoms with Crippen LogP contribution in [0.4, 0.5) is 0 Å². The van der Waals surface area contributed by atoms with Gasteiger partial charge in [0.1, 0.15) is 0 Å². The van der Waals surface area contributed by atoms with E-state index in [0.29, 0.717) is 0 Å². The van der Waals surface area contributed by atoms with Crippen LogP contribution >= 0.6 is 0 Å². The second-order valence-electron chi connectivity index (χ2n) is 5.06. The fraction of sp³-hybridized carbons (Fsp3) is 1.00. The first-order valence-electron chi connectivity index (χ1n) is 7.21. The van der Waals surface area contributed by atoms with Gasteiger partial charge in [-0.05, 0) is 19.3 Å². The van der Waals surface area contributed by atoms with E-state index in [1.165, 1.54) is 50.4 Å². The van der Waals surface area contributed by atoms with Gasteiger partial charge in [0.15, 0.2) is 0 Å². The van der Waals surface area contributed by atoms with Crippen LogP contribution in [0.25, 0.3) is 0 Å². The Morgan fingerprint density at radius 3 is 1.75 bits per heavy atom. The van der Waals surface area contributed by atoms with Gasteiger partial charge in [0.2, 0.25) is 0 Å². The number of hydrogen-bond acceptors (Lipinski definition) is 1. The Morgan fingerprint density at radius 2 is 1.31 bits per heavy atom. The van der Waals surface area contributed by atoms with Crippen LogP contribution < -0.4 is 5.48 Å². The maximum atomic E-state index is 11.1. The highest BCUT2D eigenvalue weighted by molar-refractivity contribution is 4.74. The van der Waals surface area contributed by atoms with Crippen molar-refractivity contribution in [2.24, 2.45) is 0 Å². The van der Waals surface area contributed by atoms with Gasteiger partial charge >= 0.3 is 0 Å². The summed E-state index contributed by atoms with van der Waals surface area (Å²) in [5.74, 6) is 0. The molecule has 0 heterocycles. The molecule has 0 saturated heterocycles. The van der Waals surface area contributed by atoms with Gasteiger partial charge in [0.25, 0.3) is 0 Å². The van der Waals surface area contributed by atoms with Crippen molar-refractivity contribution < 1.29 is 5.48 Å².